The van der Waals surface area contributed by atoms with Crippen molar-refractivity contribution in [3.63, 3.8) is 0 Å². The summed E-state index contributed by atoms with van der Waals surface area (Å²) in [5.41, 5.74) is 7.57. The number of hydrogen-bond acceptors (Lipinski definition) is 2. The maximum Gasteiger partial charge on any atom is 0.132 e. The topological polar surface area (TPSA) is 43.8 Å². The lowest BCUT2D eigenvalue weighted by molar-refractivity contribution is 0.769. The second-order valence-corrected chi connectivity index (χ2v) is 4.94. The van der Waals surface area contributed by atoms with Gasteiger partial charge in [-0.3, -0.25) is 0 Å². The number of halogens is 2. The Morgan fingerprint density at radius 2 is 1.95 bits per heavy atom. The van der Waals surface area contributed by atoms with Gasteiger partial charge < -0.3 is 10.3 Å². The molecule has 0 fully saturated rings. The first-order valence-corrected chi connectivity index (χ1v) is 6.57. The van der Waals surface area contributed by atoms with Gasteiger partial charge in [0.25, 0.3) is 0 Å². The van der Waals surface area contributed by atoms with E-state index in [4.69, 9.17) is 35.4 Å². The summed E-state index contributed by atoms with van der Waals surface area (Å²) in [6.07, 6.45) is 6.10. The number of terminal acetylenes is 1. The zero-order valence-corrected chi connectivity index (χ0v) is 12.0. The third kappa shape index (κ3) is 2.70. The van der Waals surface area contributed by atoms with Crippen molar-refractivity contribution >= 4 is 29.0 Å². The minimum Gasteiger partial charge on any atom is -0.383 e. The molecule has 0 unspecified atom stereocenters. The Balaban J connectivity index is 2.60. The number of nitrogen functional groups attached to an aromatic ring is 1. The Labute approximate surface area is 122 Å². The van der Waals surface area contributed by atoms with Gasteiger partial charge in [-0.25, -0.2) is 4.98 Å². The highest BCUT2D eigenvalue weighted by molar-refractivity contribution is 6.35. The van der Waals surface area contributed by atoms with Crippen molar-refractivity contribution in [1.82, 2.24) is 9.55 Å². The van der Waals surface area contributed by atoms with Crippen LogP contribution in [0.5, 0.6) is 0 Å². The van der Waals surface area contributed by atoms with Crippen LogP contribution >= 0.6 is 23.2 Å². The molecule has 0 atom stereocenters. The van der Waals surface area contributed by atoms with Crippen LogP contribution in [0, 0.1) is 12.3 Å². The van der Waals surface area contributed by atoms with Gasteiger partial charge in [-0.15, -0.1) is 6.42 Å². The van der Waals surface area contributed by atoms with Crippen LogP contribution in [0.3, 0.4) is 0 Å². The van der Waals surface area contributed by atoms with E-state index in [-0.39, 0.29) is 0 Å². The van der Waals surface area contributed by atoms with Gasteiger partial charge in [-0.1, -0.05) is 36.0 Å². The van der Waals surface area contributed by atoms with Crippen LogP contribution in [0.1, 0.15) is 12.7 Å². The van der Waals surface area contributed by atoms with E-state index < -0.39 is 0 Å². The van der Waals surface area contributed by atoms with Crippen molar-refractivity contribution in [2.75, 3.05) is 5.73 Å². The highest BCUT2D eigenvalue weighted by Gasteiger charge is 2.15. The second-order valence-electron chi connectivity index (χ2n) is 4.06. The molecular weight excluding hydrogens is 281 g/mol. The SMILES string of the molecule is C#CCn1c(CC)nc(-c2cc(Cl)cc(Cl)c2)c1N. The minimum absolute atomic E-state index is 0.399. The Hall–Kier alpha value is -1.63. The van der Waals surface area contributed by atoms with Gasteiger partial charge in [0, 0.05) is 22.0 Å². The van der Waals surface area contributed by atoms with E-state index in [1.807, 2.05) is 11.5 Å². The van der Waals surface area contributed by atoms with Crippen LogP contribution in [0.25, 0.3) is 11.3 Å². The van der Waals surface area contributed by atoms with Crippen molar-refractivity contribution < 1.29 is 0 Å². The molecular formula is C14H13Cl2N3. The van der Waals surface area contributed by atoms with Gasteiger partial charge in [0.05, 0.1) is 6.54 Å². The largest absolute Gasteiger partial charge is 0.383 e. The second kappa shape index (κ2) is 5.56. The van der Waals surface area contributed by atoms with Gasteiger partial charge >= 0.3 is 0 Å². The van der Waals surface area contributed by atoms with Crippen LogP contribution < -0.4 is 5.73 Å². The minimum atomic E-state index is 0.399. The van der Waals surface area contributed by atoms with Crippen molar-refractivity contribution in [2.45, 2.75) is 19.9 Å². The number of aryl methyl sites for hydroxylation is 1. The monoisotopic (exact) mass is 293 g/mol. The van der Waals surface area contributed by atoms with Crippen LogP contribution in [-0.2, 0) is 13.0 Å². The summed E-state index contributed by atoms with van der Waals surface area (Å²) >= 11 is 12.0. The fraction of sp³-hybridized carbons (Fsp3) is 0.214. The van der Waals surface area contributed by atoms with Gasteiger partial charge in [0.1, 0.15) is 17.3 Å². The highest BCUT2D eigenvalue weighted by atomic mass is 35.5. The normalized spacial score (nSPS) is 10.4. The lowest BCUT2D eigenvalue weighted by Gasteiger charge is -2.04. The van der Waals surface area contributed by atoms with E-state index in [1.165, 1.54) is 0 Å². The maximum absolute atomic E-state index is 6.12. The molecule has 2 N–H and O–H groups in total. The first-order valence-electron chi connectivity index (χ1n) is 5.81. The first-order chi connectivity index (χ1) is 9.06. The molecule has 98 valence electrons. The van der Waals surface area contributed by atoms with Crippen LogP contribution in [0.2, 0.25) is 10.0 Å². The van der Waals surface area contributed by atoms with Crippen molar-refractivity contribution in [1.29, 1.82) is 0 Å². The summed E-state index contributed by atoms with van der Waals surface area (Å²) < 4.78 is 1.82. The summed E-state index contributed by atoms with van der Waals surface area (Å²) in [7, 11) is 0. The smallest absolute Gasteiger partial charge is 0.132 e. The molecule has 0 saturated carbocycles. The van der Waals surface area contributed by atoms with Crippen LogP contribution in [0.4, 0.5) is 5.82 Å². The van der Waals surface area contributed by atoms with Crippen LogP contribution in [0.15, 0.2) is 18.2 Å². The van der Waals surface area contributed by atoms with Crippen molar-refractivity contribution in [3.8, 4) is 23.6 Å². The van der Waals surface area contributed by atoms with Gasteiger partial charge in [0.15, 0.2) is 0 Å². The number of aromatic nitrogens is 2. The average Bonchev–Trinajstić information content (AvgIpc) is 2.66. The number of benzene rings is 1. The molecule has 3 nitrogen and oxygen atoms in total. The lowest BCUT2D eigenvalue weighted by Crippen LogP contribution is -2.05. The fourth-order valence-electron chi connectivity index (χ4n) is 1.95. The average molecular weight is 294 g/mol. The van der Waals surface area contributed by atoms with E-state index in [0.717, 1.165) is 17.8 Å². The van der Waals surface area contributed by atoms with E-state index >= 15 is 0 Å². The van der Waals surface area contributed by atoms with Gasteiger partial charge in [0.2, 0.25) is 0 Å². The quantitative estimate of drug-likeness (QED) is 0.878. The summed E-state index contributed by atoms with van der Waals surface area (Å²) in [6, 6.07) is 5.24. The van der Waals surface area contributed by atoms with E-state index in [0.29, 0.717) is 28.1 Å². The molecule has 5 heteroatoms. The Morgan fingerprint density at radius 1 is 1.32 bits per heavy atom. The number of nitrogens with two attached hydrogens (primary N) is 1. The summed E-state index contributed by atoms with van der Waals surface area (Å²) in [5, 5.41) is 1.10. The molecule has 2 rings (SSSR count). The van der Waals surface area contributed by atoms with E-state index in [1.54, 1.807) is 18.2 Å². The molecule has 0 saturated heterocycles. The summed E-state index contributed by atoms with van der Waals surface area (Å²) in [5.74, 6) is 3.96. The van der Waals surface area contributed by atoms with E-state index in [2.05, 4.69) is 10.9 Å². The zero-order valence-electron chi connectivity index (χ0n) is 10.5. The molecule has 0 amide bonds. The summed E-state index contributed by atoms with van der Waals surface area (Å²) in [4.78, 5) is 4.52. The number of hydrogen-bond donors (Lipinski definition) is 1. The Bertz CT molecular complexity index is 633. The molecule has 0 bridgehead atoms. The van der Waals surface area contributed by atoms with Crippen molar-refractivity contribution in [3.05, 3.63) is 34.1 Å². The molecule has 0 aliphatic heterocycles. The molecule has 19 heavy (non-hydrogen) atoms. The third-order valence-corrected chi connectivity index (χ3v) is 3.22. The predicted octanol–water partition coefficient (Wildman–Crippen LogP) is 3.63. The third-order valence-electron chi connectivity index (χ3n) is 2.79. The standard InChI is InChI=1S/C14H13Cl2N3/c1-3-5-19-12(4-2)18-13(14(19)17)9-6-10(15)8-11(16)7-9/h1,6-8H,4-5,17H2,2H3. The predicted molar refractivity (Wildman–Crippen MR) is 80.3 cm³/mol. The number of imidazole rings is 1. The number of anilines is 1. The number of nitrogens with zero attached hydrogens (tertiary/aromatic N) is 2. The maximum atomic E-state index is 6.12. The molecule has 1 aromatic carbocycles. The van der Waals surface area contributed by atoms with Gasteiger partial charge in [-0.05, 0) is 18.2 Å². The molecule has 1 aromatic heterocycles. The molecule has 0 aliphatic carbocycles. The zero-order chi connectivity index (χ0) is 14.0. The summed E-state index contributed by atoms with van der Waals surface area (Å²) in [6.45, 7) is 2.40. The fourth-order valence-corrected chi connectivity index (χ4v) is 2.48. The Morgan fingerprint density at radius 3 is 2.47 bits per heavy atom. The van der Waals surface area contributed by atoms with Crippen molar-refractivity contribution in [2.24, 2.45) is 0 Å². The molecule has 0 aliphatic rings. The van der Waals surface area contributed by atoms with Gasteiger partial charge in [-0.2, -0.15) is 0 Å². The first kappa shape index (κ1) is 13.8. The Kier molecular flexibility index (Phi) is 4.04. The van der Waals surface area contributed by atoms with Crippen LogP contribution in [-0.4, -0.2) is 9.55 Å². The molecule has 2 aromatic rings. The molecule has 0 spiro atoms. The molecule has 1 heterocycles. The highest BCUT2D eigenvalue weighted by Crippen LogP contribution is 2.31. The lowest BCUT2D eigenvalue weighted by atomic mass is 10.1. The molecule has 0 radical (unpaired) electrons. The number of rotatable bonds is 3. The van der Waals surface area contributed by atoms with E-state index in [9.17, 15) is 0 Å².